The normalized spacial score (nSPS) is 15.0. The van der Waals surface area contributed by atoms with E-state index in [1.54, 1.807) is 6.07 Å². The highest BCUT2D eigenvalue weighted by molar-refractivity contribution is 9.10. The minimum Gasteiger partial charge on any atom is -0.491 e. The number of hydrogen-bond donors (Lipinski definition) is 2. The molecule has 0 aromatic heterocycles. The van der Waals surface area contributed by atoms with Gasteiger partial charge in [-0.2, -0.15) is 0 Å². The molecular weight excluding hydrogens is 262 g/mol. The van der Waals surface area contributed by atoms with Gasteiger partial charge in [-0.15, -0.1) is 0 Å². The summed E-state index contributed by atoms with van der Waals surface area (Å²) < 4.78 is 6.19. The van der Waals surface area contributed by atoms with Crippen molar-refractivity contribution in [3.63, 3.8) is 0 Å². The average Bonchev–Trinajstić information content (AvgIpc) is 2.41. The third kappa shape index (κ3) is 2.13. The van der Waals surface area contributed by atoms with Gasteiger partial charge in [-0.25, -0.2) is 4.79 Å². The largest absolute Gasteiger partial charge is 0.491 e. The molecule has 4 nitrogen and oxygen atoms in total. The van der Waals surface area contributed by atoms with E-state index < -0.39 is 5.97 Å². The molecule has 0 aliphatic carbocycles. The molecule has 1 aromatic carbocycles. The maximum atomic E-state index is 11.0. The summed E-state index contributed by atoms with van der Waals surface area (Å²) in [5, 5.41) is 12.2. The Morgan fingerprint density at radius 2 is 2.33 bits per heavy atom. The molecule has 80 valence electrons. The quantitative estimate of drug-likeness (QED) is 0.815. The molecule has 0 bridgehead atoms. The molecule has 15 heavy (non-hydrogen) atoms. The monoisotopic (exact) mass is 271 g/mol. The molecular formula is C10H10BrNO3. The summed E-state index contributed by atoms with van der Waals surface area (Å²) in [7, 11) is 0. The minimum absolute atomic E-state index is 0.211. The molecule has 0 radical (unpaired) electrons. The van der Waals surface area contributed by atoms with Crippen molar-refractivity contribution >= 4 is 21.9 Å². The zero-order valence-corrected chi connectivity index (χ0v) is 9.50. The van der Waals surface area contributed by atoms with Crippen LogP contribution in [0.4, 0.5) is 0 Å². The Labute approximate surface area is 95.4 Å². The van der Waals surface area contributed by atoms with Crippen LogP contribution in [0.3, 0.4) is 0 Å². The number of carbonyl (C=O) groups is 1. The van der Waals surface area contributed by atoms with Crippen molar-refractivity contribution < 1.29 is 14.6 Å². The van der Waals surface area contributed by atoms with E-state index in [0.29, 0.717) is 18.9 Å². The number of halogens is 1. The number of nitrogens with one attached hydrogen (secondary N) is 1. The van der Waals surface area contributed by atoms with Gasteiger partial charge >= 0.3 is 5.97 Å². The van der Waals surface area contributed by atoms with Crippen molar-refractivity contribution in [3.8, 4) is 5.75 Å². The molecule has 0 saturated carbocycles. The van der Waals surface area contributed by atoms with Gasteiger partial charge in [0.05, 0.1) is 0 Å². The van der Waals surface area contributed by atoms with Crippen LogP contribution in [0.5, 0.6) is 5.75 Å². The first-order chi connectivity index (χ1) is 7.18. The Morgan fingerprint density at radius 3 is 3.07 bits per heavy atom. The van der Waals surface area contributed by atoms with Crippen molar-refractivity contribution in [2.75, 3.05) is 13.2 Å². The lowest BCUT2D eigenvalue weighted by Gasteiger charge is -2.10. The van der Waals surface area contributed by atoms with Crippen LogP contribution in [-0.4, -0.2) is 24.2 Å². The Morgan fingerprint density at radius 1 is 1.53 bits per heavy atom. The first-order valence-electron chi connectivity index (χ1n) is 4.57. The molecule has 0 spiro atoms. The number of ether oxygens (including phenoxy) is 1. The van der Waals surface area contributed by atoms with E-state index in [0.717, 1.165) is 16.6 Å². The predicted octanol–water partition coefficient (Wildman–Crippen LogP) is 1.63. The van der Waals surface area contributed by atoms with Gasteiger partial charge in [-0.3, -0.25) is 0 Å². The maximum Gasteiger partial charge on any atom is 0.339 e. The highest BCUT2D eigenvalue weighted by atomic mass is 79.9. The Balaban J connectivity index is 2.54. The van der Waals surface area contributed by atoms with E-state index in [2.05, 4.69) is 21.2 Å². The molecule has 1 aliphatic heterocycles. The van der Waals surface area contributed by atoms with Crippen molar-refractivity contribution in [3.05, 3.63) is 27.7 Å². The molecule has 2 rings (SSSR count). The molecule has 0 saturated heterocycles. The number of aromatic carboxylic acids is 1. The van der Waals surface area contributed by atoms with Gasteiger partial charge in [0.15, 0.2) is 0 Å². The maximum absolute atomic E-state index is 11.0. The van der Waals surface area contributed by atoms with Crippen LogP contribution in [-0.2, 0) is 6.54 Å². The molecule has 1 aliphatic rings. The average molecular weight is 272 g/mol. The summed E-state index contributed by atoms with van der Waals surface area (Å²) in [6.07, 6.45) is 0. The second-order valence-electron chi connectivity index (χ2n) is 3.27. The van der Waals surface area contributed by atoms with E-state index in [1.807, 2.05) is 6.07 Å². The molecule has 1 aromatic rings. The van der Waals surface area contributed by atoms with Crippen molar-refractivity contribution in [1.29, 1.82) is 0 Å². The van der Waals surface area contributed by atoms with E-state index in [-0.39, 0.29) is 5.56 Å². The summed E-state index contributed by atoms with van der Waals surface area (Å²) in [6, 6.07) is 3.44. The molecule has 1 heterocycles. The fourth-order valence-corrected chi connectivity index (χ4v) is 2.06. The van der Waals surface area contributed by atoms with Gasteiger partial charge in [0, 0.05) is 23.1 Å². The van der Waals surface area contributed by atoms with E-state index in [9.17, 15) is 4.79 Å². The lowest BCUT2D eigenvalue weighted by atomic mass is 10.1. The highest BCUT2D eigenvalue weighted by Gasteiger charge is 2.18. The Bertz CT molecular complexity index is 406. The van der Waals surface area contributed by atoms with Gasteiger partial charge < -0.3 is 15.2 Å². The number of carboxylic acid groups (broad SMARTS) is 1. The number of carboxylic acids is 1. The Kier molecular flexibility index (Phi) is 2.93. The number of fused-ring (bicyclic) bond motifs is 1. The van der Waals surface area contributed by atoms with Gasteiger partial charge in [-0.1, -0.05) is 15.9 Å². The number of rotatable bonds is 1. The van der Waals surface area contributed by atoms with Crippen LogP contribution < -0.4 is 10.1 Å². The van der Waals surface area contributed by atoms with E-state index in [4.69, 9.17) is 9.84 Å². The van der Waals surface area contributed by atoms with Gasteiger partial charge in [0.2, 0.25) is 0 Å². The first kappa shape index (κ1) is 10.4. The summed E-state index contributed by atoms with van der Waals surface area (Å²) in [6.45, 7) is 1.86. The zero-order chi connectivity index (χ0) is 10.8. The summed E-state index contributed by atoms with van der Waals surface area (Å²) >= 11 is 3.29. The van der Waals surface area contributed by atoms with Crippen molar-refractivity contribution in [1.82, 2.24) is 5.32 Å². The SMILES string of the molecule is O=C(O)c1cc(Br)cc2c1OCCNC2. The van der Waals surface area contributed by atoms with Crippen molar-refractivity contribution in [2.45, 2.75) is 6.54 Å². The lowest BCUT2D eigenvalue weighted by Crippen LogP contribution is -2.16. The summed E-state index contributed by atoms with van der Waals surface area (Å²) in [5.74, 6) is -0.481. The van der Waals surface area contributed by atoms with Crippen LogP contribution in [0.25, 0.3) is 0 Å². The van der Waals surface area contributed by atoms with Gasteiger partial charge in [-0.05, 0) is 12.1 Å². The zero-order valence-electron chi connectivity index (χ0n) is 7.92. The van der Waals surface area contributed by atoms with Gasteiger partial charge in [0.1, 0.15) is 17.9 Å². The fraction of sp³-hybridized carbons (Fsp3) is 0.300. The Hall–Kier alpha value is -1.07. The van der Waals surface area contributed by atoms with Crippen LogP contribution in [0.1, 0.15) is 15.9 Å². The minimum atomic E-state index is -0.963. The molecule has 0 atom stereocenters. The number of hydrogen-bond acceptors (Lipinski definition) is 3. The smallest absolute Gasteiger partial charge is 0.339 e. The molecule has 0 unspecified atom stereocenters. The standard InChI is InChI=1S/C10H10BrNO3/c11-7-3-6-5-12-1-2-15-9(6)8(4-7)10(13)14/h3-4,12H,1-2,5H2,(H,13,14). The lowest BCUT2D eigenvalue weighted by molar-refractivity contribution is 0.0692. The molecule has 0 amide bonds. The second kappa shape index (κ2) is 4.20. The second-order valence-corrected chi connectivity index (χ2v) is 4.19. The molecule has 2 N–H and O–H groups in total. The summed E-state index contributed by atoms with van der Waals surface area (Å²) in [4.78, 5) is 11.0. The first-order valence-corrected chi connectivity index (χ1v) is 5.37. The third-order valence-electron chi connectivity index (χ3n) is 2.20. The fourth-order valence-electron chi connectivity index (χ4n) is 1.56. The van der Waals surface area contributed by atoms with Crippen LogP contribution in [0, 0.1) is 0 Å². The van der Waals surface area contributed by atoms with Crippen LogP contribution >= 0.6 is 15.9 Å². The van der Waals surface area contributed by atoms with Gasteiger partial charge in [0.25, 0.3) is 0 Å². The van der Waals surface area contributed by atoms with E-state index in [1.165, 1.54) is 0 Å². The van der Waals surface area contributed by atoms with Crippen LogP contribution in [0.15, 0.2) is 16.6 Å². The number of benzene rings is 1. The van der Waals surface area contributed by atoms with E-state index >= 15 is 0 Å². The predicted molar refractivity (Wildman–Crippen MR) is 58.3 cm³/mol. The highest BCUT2D eigenvalue weighted by Crippen LogP contribution is 2.29. The summed E-state index contributed by atoms with van der Waals surface area (Å²) in [5.41, 5.74) is 1.09. The molecule has 0 fully saturated rings. The topological polar surface area (TPSA) is 58.6 Å². The third-order valence-corrected chi connectivity index (χ3v) is 2.66. The molecule has 5 heteroatoms. The van der Waals surface area contributed by atoms with Crippen LogP contribution in [0.2, 0.25) is 0 Å². The van der Waals surface area contributed by atoms with Crippen molar-refractivity contribution in [2.24, 2.45) is 0 Å².